The van der Waals surface area contributed by atoms with Gasteiger partial charge in [0.1, 0.15) is 0 Å². The van der Waals surface area contributed by atoms with Gasteiger partial charge >= 0.3 is 5.97 Å². The van der Waals surface area contributed by atoms with Crippen molar-refractivity contribution in [1.82, 2.24) is 0 Å². The van der Waals surface area contributed by atoms with Crippen molar-refractivity contribution in [1.29, 1.82) is 0 Å². The van der Waals surface area contributed by atoms with Crippen LogP contribution in [0.3, 0.4) is 0 Å². The first-order chi connectivity index (χ1) is 6.00. The van der Waals surface area contributed by atoms with Gasteiger partial charge in [0.05, 0.1) is 5.41 Å². The molecule has 0 aromatic heterocycles. The number of carbonyl (C=O) groups is 1. The summed E-state index contributed by atoms with van der Waals surface area (Å²) < 4.78 is 0. The number of hydrogen-bond acceptors (Lipinski definition) is 1. The molecule has 0 aliphatic heterocycles. The molecule has 0 atom stereocenters. The molecule has 0 rings (SSSR count). The predicted octanol–water partition coefficient (Wildman–Crippen LogP) is 3.46. The van der Waals surface area contributed by atoms with E-state index in [2.05, 4.69) is 6.92 Å². The molecular weight excluding hydrogens is 164 g/mol. The molecule has 0 amide bonds. The van der Waals surface area contributed by atoms with Gasteiger partial charge in [0.15, 0.2) is 0 Å². The minimum Gasteiger partial charge on any atom is -0.481 e. The van der Waals surface area contributed by atoms with E-state index in [9.17, 15) is 4.79 Å². The van der Waals surface area contributed by atoms with Gasteiger partial charge in [-0.25, -0.2) is 0 Å². The number of carboxylic acid groups (broad SMARTS) is 1. The van der Waals surface area contributed by atoms with Crippen molar-refractivity contribution >= 4 is 5.97 Å². The lowest BCUT2D eigenvalue weighted by Gasteiger charge is -2.18. The van der Waals surface area contributed by atoms with E-state index in [1.165, 1.54) is 25.7 Å². The largest absolute Gasteiger partial charge is 0.481 e. The highest BCUT2D eigenvalue weighted by molar-refractivity contribution is 5.73. The lowest BCUT2D eigenvalue weighted by atomic mass is 9.87. The van der Waals surface area contributed by atoms with Crippen molar-refractivity contribution in [2.75, 3.05) is 0 Å². The van der Waals surface area contributed by atoms with Gasteiger partial charge in [-0.3, -0.25) is 4.79 Å². The molecule has 0 aliphatic rings. The van der Waals surface area contributed by atoms with Crippen LogP contribution in [-0.4, -0.2) is 11.1 Å². The molecule has 0 fully saturated rings. The summed E-state index contributed by atoms with van der Waals surface area (Å²) in [6, 6.07) is 0. The fraction of sp³-hybridized carbons (Fsp3) is 0.909. The third-order valence-corrected chi connectivity index (χ3v) is 2.48. The second-order valence-electron chi connectivity index (χ2n) is 4.35. The Kier molecular flexibility index (Phi) is 5.76. The number of unbranched alkanes of at least 4 members (excludes halogenated alkanes) is 4. The molecule has 0 aromatic carbocycles. The van der Waals surface area contributed by atoms with Crippen molar-refractivity contribution in [2.24, 2.45) is 5.41 Å². The Balaban J connectivity index is 3.46. The lowest BCUT2D eigenvalue weighted by molar-refractivity contribution is -0.147. The van der Waals surface area contributed by atoms with Crippen molar-refractivity contribution in [2.45, 2.75) is 59.3 Å². The monoisotopic (exact) mass is 186 g/mol. The van der Waals surface area contributed by atoms with Crippen molar-refractivity contribution in [3.05, 3.63) is 0 Å². The molecule has 0 saturated heterocycles. The summed E-state index contributed by atoms with van der Waals surface area (Å²) in [6.07, 6.45) is 6.76. The molecule has 1 N–H and O–H groups in total. The highest BCUT2D eigenvalue weighted by Gasteiger charge is 2.25. The van der Waals surface area contributed by atoms with Crippen molar-refractivity contribution in [3.8, 4) is 0 Å². The van der Waals surface area contributed by atoms with Gasteiger partial charge in [-0.1, -0.05) is 39.0 Å². The zero-order valence-electron chi connectivity index (χ0n) is 9.10. The third-order valence-electron chi connectivity index (χ3n) is 2.48. The molecule has 0 radical (unpaired) electrons. The first kappa shape index (κ1) is 12.5. The topological polar surface area (TPSA) is 37.3 Å². The average Bonchev–Trinajstić information content (AvgIpc) is 2.03. The molecule has 78 valence electrons. The van der Waals surface area contributed by atoms with Crippen LogP contribution < -0.4 is 0 Å². The average molecular weight is 186 g/mol. The van der Waals surface area contributed by atoms with E-state index in [0.717, 1.165) is 12.8 Å². The van der Waals surface area contributed by atoms with Gasteiger partial charge in [-0.15, -0.1) is 0 Å². The Labute approximate surface area is 81.3 Å². The van der Waals surface area contributed by atoms with E-state index in [0.29, 0.717) is 0 Å². The molecule has 0 spiro atoms. The SMILES string of the molecule is CCCCCCCC(C)(C)C(=O)O. The molecule has 0 unspecified atom stereocenters. The van der Waals surface area contributed by atoms with Gasteiger partial charge in [-0.05, 0) is 20.3 Å². The number of aliphatic carboxylic acids is 1. The quantitative estimate of drug-likeness (QED) is 0.618. The van der Waals surface area contributed by atoms with Crippen molar-refractivity contribution in [3.63, 3.8) is 0 Å². The first-order valence-electron chi connectivity index (χ1n) is 5.24. The number of carboxylic acids is 1. The van der Waals surface area contributed by atoms with E-state index in [4.69, 9.17) is 5.11 Å². The predicted molar refractivity (Wildman–Crippen MR) is 54.8 cm³/mol. The van der Waals surface area contributed by atoms with Crippen LogP contribution in [0.1, 0.15) is 59.3 Å². The van der Waals surface area contributed by atoms with Crippen LogP contribution >= 0.6 is 0 Å². The van der Waals surface area contributed by atoms with Gasteiger partial charge < -0.3 is 5.11 Å². The summed E-state index contributed by atoms with van der Waals surface area (Å²) in [7, 11) is 0. The van der Waals surface area contributed by atoms with Gasteiger partial charge in [0, 0.05) is 0 Å². The molecule has 2 heteroatoms. The van der Waals surface area contributed by atoms with Crippen molar-refractivity contribution < 1.29 is 9.90 Å². The van der Waals surface area contributed by atoms with Crippen LogP contribution in [-0.2, 0) is 4.79 Å². The smallest absolute Gasteiger partial charge is 0.309 e. The molecule has 0 saturated carbocycles. The zero-order chi connectivity index (χ0) is 10.3. The Hall–Kier alpha value is -0.530. The minimum absolute atomic E-state index is 0.536. The maximum atomic E-state index is 10.7. The highest BCUT2D eigenvalue weighted by atomic mass is 16.4. The summed E-state index contributed by atoms with van der Waals surface area (Å²) in [5.41, 5.74) is -0.536. The summed E-state index contributed by atoms with van der Waals surface area (Å²) in [5.74, 6) is -0.678. The normalized spacial score (nSPS) is 11.6. The van der Waals surface area contributed by atoms with Crippen LogP contribution in [0.15, 0.2) is 0 Å². The Morgan fingerprint density at radius 2 is 1.69 bits per heavy atom. The van der Waals surface area contributed by atoms with Gasteiger partial charge in [-0.2, -0.15) is 0 Å². The Bertz CT molecular complexity index is 150. The van der Waals surface area contributed by atoms with Crippen LogP contribution in [0.25, 0.3) is 0 Å². The maximum absolute atomic E-state index is 10.7. The van der Waals surface area contributed by atoms with E-state index in [-0.39, 0.29) is 0 Å². The van der Waals surface area contributed by atoms with E-state index in [1.54, 1.807) is 13.8 Å². The Morgan fingerprint density at radius 1 is 1.15 bits per heavy atom. The lowest BCUT2D eigenvalue weighted by Crippen LogP contribution is -2.23. The Morgan fingerprint density at radius 3 is 2.15 bits per heavy atom. The summed E-state index contributed by atoms with van der Waals surface area (Å²) in [5, 5.41) is 8.84. The molecule has 0 aliphatic carbocycles. The van der Waals surface area contributed by atoms with Gasteiger partial charge in [0.25, 0.3) is 0 Å². The molecule has 0 heterocycles. The second kappa shape index (κ2) is 6.01. The van der Waals surface area contributed by atoms with Crippen LogP contribution in [0.2, 0.25) is 0 Å². The maximum Gasteiger partial charge on any atom is 0.309 e. The van der Waals surface area contributed by atoms with E-state index >= 15 is 0 Å². The first-order valence-corrected chi connectivity index (χ1v) is 5.24. The zero-order valence-corrected chi connectivity index (χ0v) is 9.10. The van der Waals surface area contributed by atoms with Gasteiger partial charge in [0.2, 0.25) is 0 Å². The molecule has 0 bridgehead atoms. The van der Waals surface area contributed by atoms with Crippen LogP contribution in [0, 0.1) is 5.41 Å². The molecule has 2 nitrogen and oxygen atoms in total. The summed E-state index contributed by atoms with van der Waals surface area (Å²) >= 11 is 0. The van der Waals surface area contributed by atoms with Crippen LogP contribution in [0.5, 0.6) is 0 Å². The second-order valence-corrected chi connectivity index (χ2v) is 4.35. The minimum atomic E-state index is -0.678. The van der Waals surface area contributed by atoms with Crippen LogP contribution in [0.4, 0.5) is 0 Å². The van der Waals surface area contributed by atoms with E-state index < -0.39 is 11.4 Å². The summed E-state index contributed by atoms with van der Waals surface area (Å²) in [4.78, 5) is 10.7. The van der Waals surface area contributed by atoms with E-state index in [1.807, 2.05) is 0 Å². The molecule has 13 heavy (non-hydrogen) atoms. The molecule has 0 aromatic rings. The number of rotatable bonds is 7. The molecular formula is C11H22O2. The highest BCUT2D eigenvalue weighted by Crippen LogP contribution is 2.23. The summed E-state index contributed by atoms with van der Waals surface area (Å²) in [6.45, 7) is 5.78. The number of hydrogen-bond donors (Lipinski definition) is 1. The fourth-order valence-electron chi connectivity index (χ4n) is 1.28. The standard InChI is InChI=1S/C11H22O2/c1-4-5-6-7-8-9-11(2,3)10(12)13/h4-9H2,1-3H3,(H,12,13). The fourth-order valence-corrected chi connectivity index (χ4v) is 1.28. The third kappa shape index (κ3) is 5.67.